The fourth-order valence-electron chi connectivity index (χ4n) is 1.23. The summed E-state index contributed by atoms with van der Waals surface area (Å²) < 4.78 is 0. The summed E-state index contributed by atoms with van der Waals surface area (Å²) >= 11 is 0. The maximum absolute atomic E-state index is 11.3. The standard InChI is InChI=1S/C11H17N3O/c1-8(2)6-11(15)13-7-9-4-3-5-10(12)14-9/h3-5,8H,6-7H2,1-2H3,(H2,12,14)(H,13,15). The third-order valence-electron chi connectivity index (χ3n) is 1.89. The minimum atomic E-state index is 0.0502. The van der Waals surface area contributed by atoms with Gasteiger partial charge < -0.3 is 11.1 Å². The minimum absolute atomic E-state index is 0.0502. The van der Waals surface area contributed by atoms with Crippen LogP contribution in [0.1, 0.15) is 26.0 Å². The Bertz CT molecular complexity index is 336. The molecule has 15 heavy (non-hydrogen) atoms. The lowest BCUT2D eigenvalue weighted by Crippen LogP contribution is -2.24. The number of hydrogen-bond donors (Lipinski definition) is 2. The molecule has 0 radical (unpaired) electrons. The van der Waals surface area contributed by atoms with Crippen molar-refractivity contribution in [2.24, 2.45) is 5.92 Å². The highest BCUT2D eigenvalue weighted by molar-refractivity contribution is 5.75. The van der Waals surface area contributed by atoms with Gasteiger partial charge in [0.25, 0.3) is 0 Å². The first-order valence-corrected chi connectivity index (χ1v) is 5.06. The molecule has 0 fully saturated rings. The summed E-state index contributed by atoms with van der Waals surface area (Å²) in [7, 11) is 0. The molecule has 82 valence electrons. The first-order chi connectivity index (χ1) is 7.08. The summed E-state index contributed by atoms with van der Waals surface area (Å²) in [5.74, 6) is 0.902. The second-order valence-electron chi connectivity index (χ2n) is 3.93. The zero-order chi connectivity index (χ0) is 11.3. The van der Waals surface area contributed by atoms with Crippen LogP contribution in [0.5, 0.6) is 0 Å². The SMILES string of the molecule is CC(C)CC(=O)NCc1cccc(N)n1. The molecule has 0 aliphatic carbocycles. The minimum Gasteiger partial charge on any atom is -0.384 e. The van der Waals surface area contributed by atoms with Gasteiger partial charge >= 0.3 is 0 Å². The van der Waals surface area contributed by atoms with Gasteiger partial charge in [0.1, 0.15) is 5.82 Å². The van der Waals surface area contributed by atoms with E-state index in [9.17, 15) is 4.79 Å². The highest BCUT2D eigenvalue weighted by Gasteiger charge is 2.04. The molecule has 4 heteroatoms. The van der Waals surface area contributed by atoms with Crippen LogP contribution in [0.4, 0.5) is 5.82 Å². The molecule has 0 saturated carbocycles. The molecule has 4 nitrogen and oxygen atoms in total. The first kappa shape index (κ1) is 11.5. The average Bonchev–Trinajstić information content (AvgIpc) is 2.14. The molecular formula is C11H17N3O. The highest BCUT2D eigenvalue weighted by atomic mass is 16.1. The van der Waals surface area contributed by atoms with Crippen LogP contribution in [-0.2, 0) is 11.3 Å². The molecule has 0 saturated heterocycles. The van der Waals surface area contributed by atoms with Crippen molar-refractivity contribution in [2.75, 3.05) is 5.73 Å². The van der Waals surface area contributed by atoms with Crippen molar-refractivity contribution < 1.29 is 4.79 Å². The predicted octanol–water partition coefficient (Wildman–Crippen LogP) is 1.33. The van der Waals surface area contributed by atoms with E-state index in [1.807, 2.05) is 26.0 Å². The number of carbonyl (C=O) groups excluding carboxylic acids is 1. The van der Waals surface area contributed by atoms with E-state index in [0.29, 0.717) is 24.7 Å². The van der Waals surface area contributed by atoms with Gasteiger partial charge in [-0.25, -0.2) is 4.98 Å². The number of amides is 1. The number of carbonyl (C=O) groups is 1. The maximum atomic E-state index is 11.3. The number of nitrogens with one attached hydrogen (secondary N) is 1. The number of aromatic nitrogens is 1. The molecule has 0 atom stereocenters. The second-order valence-corrected chi connectivity index (χ2v) is 3.93. The van der Waals surface area contributed by atoms with E-state index in [2.05, 4.69) is 10.3 Å². The van der Waals surface area contributed by atoms with Gasteiger partial charge in [0.2, 0.25) is 5.91 Å². The quantitative estimate of drug-likeness (QED) is 0.782. The molecule has 0 spiro atoms. The fraction of sp³-hybridized carbons (Fsp3) is 0.455. The van der Waals surface area contributed by atoms with Crippen LogP contribution in [-0.4, -0.2) is 10.9 Å². The van der Waals surface area contributed by atoms with Gasteiger partial charge in [0.05, 0.1) is 12.2 Å². The van der Waals surface area contributed by atoms with E-state index in [4.69, 9.17) is 5.73 Å². The Morgan fingerprint density at radius 3 is 2.87 bits per heavy atom. The van der Waals surface area contributed by atoms with E-state index in [-0.39, 0.29) is 5.91 Å². The van der Waals surface area contributed by atoms with Gasteiger partial charge in [-0.3, -0.25) is 4.79 Å². The molecule has 3 N–H and O–H groups in total. The molecule has 1 rings (SSSR count). The Hall–Kier alpha value is -1.58. The van der Waals surface area contributed by atoms with Crippen molar-refractivity contribution >= 4 is 11.7 Å². The van der Waals surface area contributed by atoms with Crippen molar-refractivity contribution in [1.29, 1.82) is 0 Å². The number of pyridine rings is 1. The van der Waals surface area contributed by atoms with Crippen LogP contribution in [0.25, 0.3) is 0 Å². The maximum Gasteiger partial charge on any atom is 0.220 e. The van der Waals surface area contributed by atoms with Gasteiger partial charge in [-0.15, -0.1) is 0 Å². The molecule has 0 aliphatic rings. The Kier molecular flexibility index (Phi) is 4.09. The molecular weight excluding hydrogens is 190 g/mol. The van der Waals surface area contributed by atoms with Gasteiger partial charge in [0.15, 0.2) is 0 Å². The van der Waals surface area contributed by atoms with Gasteiger partial charge in [0, 0.05) is 6.42 Å². The lowest BCUT2D eigenvalue weighted by atomic mass is 10.1. The van der Waals surface area contributed by atoms with Gasteiger partial charge in [-0.1, -0.05) is 19.9 Å². The zero-order valence-corrected chi connectivity index (χ0v) is 9.16. The smallest absolute Gasteiger partial charge is 0.220 e. The number of nitrogens with zero attached hydrogens (tertiary/aromatic N) is 1. The lowest BCUT2D eigenvalue weighted by molar-refractivity contribution is -0.121. The van der Waals surface area contributed by atoms with E-state index in [1.54, 1.807) is 6.07 Å². The summed E-state index contributed by atoms with van der Waals surface area (Å²) in [5.41, 5.74) is 6.31. The molecule has 0 unspecified atom stereocenters. The Morgan fingerprint density at radius 1 is 1.53 bits per heavy atom. The van der Waals surface area contributed by atoms with Gasteiger partial charge in [-0.05, 0) is 18.1 Å². The fourth-order valence-corrected chi connectivity index (χ4v) is 1.23. The van der Waals surface area contributed by atoms with Crippen LogP contribution in [0.15, 0.2) is 18.2 Å². The lowest BCUT2D eigenvalue weighted by Gasteiger charge is -2.06. The number of nitrogens with two attached hydrogens (primary N) is 1. The Balaban J connectivity index is 2.40. The molecule has 1 amide bonds. The summed E-state index contributed by atoms with van der Waals surface area (Å²) in [5, 5.41) is 2.80. The van der Waals surface area contributed by atoms with Crippen molar-refractivity contribution in [2.45, 2.75) is 26.8 Å². The number of anilines is 1. The largest absolute Gasteiger partial charge is 0.384 e. The van der Waals surface area contributed by atoms with Crippen LogP contribution in [0, 0.1) is 5.92 Å². The monoisotopic (exact) mass is 207 g/mol. The summed E-state index contributed by atoms with van der Waals surface area (Å²) in [4.78, 5) is 15.4. The predicted molar refractivity (Wildman–Crippen MR) is 60.0 cm³/mol. The zero-order valence-electron chi connectivity index (χ0n) is 9.16. The van der Waals surface area contributed by atoms with Crippen LogP contribution in [0.3, 0.4) is 0 Å². The highest BCUT2D eigenvalue weighted by Crippen LogP contribution is 2.01. The van der Waals surface area contributed by atoms with Crippen LogP contribution in [0.2, 0.25) is 0 Å². The van der Waals surface area contributed by atoms with E-state index >= 15 is 0 Å². The van der Waals surface area contributed by atoms with Crippen LogP contribution >= 0.6 is 0 Å². The van der Waals surface area contributed by atoms with E-state index in [1.165, 1.54) is 0 Å². The Labute approximate surface area is 89.9 Å². The molecule has 0 aromatic carbocycles. The molecule has 1 aromatic heterocycles. The normalized spacial score (nSPS) is 10.3. The van der Waals surface area contributed by atoms with Crippen LogP contribution < -0.4 is 11.1 Å². The number of rotatable bonds is 4. The summed E-state index contributed by atoms with van der Waals surface area (Å²) in [6, 6.07) is 5.39. The van der Waals surface area contributed by atoms with Crippen molar-refractivity contribution in [3.63, 3.8) is 0 Å². The van der Waals surface area contributed by atoms with Crippen molar-refractivity contribution in [3.05, 3.63) is 23.9 Å². The van der Waals surface area contributed by atoms with E-state index < -0.39 is 0 Å². The van der Waals surface area contributed by atoms with E-state index in [0.717, 1.165) is 5.69 Å². The summed E-state index contributed by atoms with van der Waals surface area (Å²) in [6.07, 6.45) is 0.544. The van der Waals surface area contributed by atoms with Crippen molar-refractivity contribution in [3.8, 4) is 0 Å². The summed E-state index contributed by atoms with van der Waals surface area (Å²) in [6.45, 7) is 4.47. The third kappa shape index (κ3) is 4.44. The molecule has 1 heterocycles. The first-order valence-electron chi connectivity index (χ1n) is 5.06. The molecule has 0 aliphatic heterocycles. The van der Waals surface area contributed by atoms with Gasteiger partial charge in [-0.2, -0.15) is 0 Å². The molecule has 1 aromatic rings. The second kappa shape index (κ2) is 5.34. The Morgan fingerprint density at radius 2 is 2.27 bits per heavy atom. The third-order valence-corrected chi connectivity index (χ3v) is 1.89. The number of nitrogen functional groups attached to an aromatic ring is 1. The topological polar surface area (TPSA) is 68.0 Å². The number of hydrogen-bond acceptors (Lipinski definition) is 3. The average molecular weight is 207 g/mol. The molecule has 0 bridgehead atoms. The van der Waals surface area contributed by atoms with Crippen molar-refractivity contribution in [1.82, 2.24) is 10.3 Å².